The predicted octanol–water partition coefficient (Wildman–Crippen LogP) is 18.9. The molecule has 0 aliphatic heterocycles. The molecule has 0 fully saturated rings. The van der Waals surface area contributed by atoms with Crippen molar-refractivity contribution >= 4 is 5.91 Å². The summed E-state index contributed by atoms with van der Waals surface area (Å²) in [7, 11) is 0. The van der Waals surface area contributed by atoms with Gasteiger partial charge in [0.15, 0.2) is 0 Å². The molecule has 4 heteroatoms. The van der Waals surface area contributed by atoms with Crippen molar-refractivity contribution in [1.29, 1.82) is 0 Å². The summed E-state index contributed by atoms with van der Waals surface area (Å²) in [5.74, 6) is -0.0736. The van der Waals surface area contributed by atoms with Crippen LogP contribution in [0.1, 0.15) is 271 Å². The zero-order valence-corrected chi connectivity index (χ0v) is 43.7. The molecule has 4 nitrogen and oxygen atoms in total. The number of nitrogens with one attached hydrogen (secondary N) is 1. The van der Waals surface area contributed by atoms with Gasteiger partial charge in [-0.3, -0.25) is 4.79 Å². The molecule has 0 aliphatic carbocycles. The minimum Gasteiger partial charge on any atom is -0.394 e. The highest BCUT2D eigenvalue weighted by molar-refractivity contribution is 5.76. The van der Waals surface area contributed by atoms with Gasteiger partial charge in [-0.1, -0.05) is 278 Å². The van der Waals surface area contributed by atoms with Gasteiger partial charge in [0.25, 0.3) is 0 Å². The molecule has 1 amide bonds. The average molecular weight is 917 g/mol. The highest BCUT2D eigenvalue weighted by atomic mass is 16.3. The van der Waals surface area contributed by atoms with Gasteiger partial charge >= 0.3 is 0 Å². The van der Waals surface area contributed by atoms with Gasteiger partial charge in [-0.2, -0.15) is 0 Å². The third-order valence-electron chi connectivity index (χ3n) is 12.6. The first-order valence-electron chi connectivity index (χ1n) is 28.5. The molecule has 0 aromatic rings. The van der Waals surface area contributed by atoms with Gasteiger partial charge in [-0.15, -0.1) is 0 Å². The molecule has 0 saturated heterocycles. The lowest BCUT2D eigenvalue weighted by Gasteiger charge is -2.19. The predicted molar refractivity (Wildman–Crippen MR) is 294 cm³/mol. The molecule has 0 rings (SSSR count). The van der Waals surface area contributed by atoms with Crippen LogP contribution in [0.3, 0.4) is 0 Å². The highest BCUT2D eigenvalue weighted by Crippen LogP contribution is 2.16. The molecule has 3 N–H and O–H groups in total. The van der Waals surface area contributed by atoms with Crippen LogP contribution >= 0.6 is 0 Å². The number of allylic oxidation sites excluding steroid dienone is 15. The van der Waals surface area contributed by atoms with Crippen LogP contribution in [0.15, 0.2) is 97.2 Å². The minimum atomic E-state index is -0.863. The lowest BCUT2D eigenvalue weighted by Crippen LogP contribution is -2.45. The van der Waals surface area contributed by atoms with Crippen LogP contribution in [-0.4, -0.2) is 34.9 Å². The number of unbranched alkanes of at least 4 members (excludes halogenated alkanes) is 30. The number of hydrogen-bond acceptors (Lipinski definition) is 3. The number of hydrogen-bond donors (Lipinski definition) is 3. The summed E-state index contributed by atoms with van der Waals surface area (Å²) in [6.45, 7) is 4.17. The van der Waals surface area contributed by atoms with Gasteiger partial charge in [0.1, 0.15) is 0 Å². The number of rotatable bonds is 51. The van der Waals surface area contributed by atoms with Crippen LogP contribution < -0.4 is 5.32 Å². The van der Waals surface area contributed by atoms with E-state index in [0.29, 0.717) is 6.42 Å². The Morgan fingerprint density at radius 1 is 0.379 bits per heavy atom. The Labute approximate surface area is 411 Å². The molecule has 0 saturated carbocycles. The number of carbonyl (C=O) groups is 1. The zero-order valence-electron chi connectivity index (χ0n) is 43.7. The summed E-state index contributed by atoms with van der Waals surface area (Å²) in [4.78, 5) is 12.4. The average Bonchev–Trinajstić information content (AvgIpc) is 3.32. The molecule has 2 atom stereocenters. The van der Waals surface area contributed by atoms with Crippen LogP contribution in [-0.2, 0) is 4.79 Å². The van der Waals surface area contributed by atoms with Crippen molar-refractivity contribution in [2.24, 2.45) is 0 Å². The fourth-order valence-electron chi connectivity index (χ4n) is 8.26. The first kappa shape index (κ1) is 63.3. The molecule has 0 aliphatic rings. The maximum Gasteiger partial charge on any atom is 0.220 e. The molecule has 0 heterocycles. The SMILES string of the molecule is CC/C=C\C/C=C\C/C=C\C/C=C\C/C=C\C/C=C\CCCCCCCCCCCCCCCCCCCCCCCCC(=O)NC(CO)C(O)/C=C/CC/C=C/CCCCCCCCC. The molecule has 0 aromatic heterocycles. The van der Waals surface area contributed by atoms with Crippen LogP contribution in [0, 0.1) is 0 Å². The third kappa shape index (κ3) is 52.3. The van der Waals surface area contributed by atoms with E-state index in [-0.39, 0.29) is 12.5 Å². The summed E-state index contributed by atoms with van der Waals surface area (Å²) >= 11 is 0. The van der Waals surface area contributed by atoms with E-state index in [1.54, 1.807) is 6.08 Å². The van der Waals surface area contributed by atoms with E-state index in [1.807, 2.05) is 6.08 Å². The fourth-order valence-corrected chi connectivity index (χ4v) is 8.26. The minimum absolute atomic E-state index is 0.0736. The van der Waals surface area contributed by atoms with Crippen LogP contribution in [0.25, 0.3) is 0 Å². The number of amides is 1. The van der Waals surface area contributed by atoms with Crippen molar-refractivity contribution < 1.29 is 15.0 Å². The lowest BCUT2D eigenvalue weighted by molar-refractivity contribution is -0.123. The standard InChI is InChI=1S/C62H109NO3/c1-3-5-7-9-11-13-15-17-18-19-20-21-22-23-24-25-26-27-28-29-30-31-32-33-34-35-36-37-38-39-40-41-42-43-44-46-48-50-52-54-56-58-62(66)63-60(59-64)61(65)57-55-53-51-49-47-45-16-14-12-10-8-6-4-2/h5,7,11,13,17-18,20-21,23-24,26-27,47,49,55,57,60-61,64-65H,3-4,6,8-10,12,14-16,19,22,25,28-46,48,50-54,56,58-59H2,1-2H3,(H,63,66)/b7-5-,13-11-,18-17-,21-20-,24-23-,27-26-,49-47+,57-55+. The smallest absolute Gasteiger partial charge is 0.220 e. The van der Waals surface area contributed by atoms with E-state index >= 15 is 0 Å². The molecule has 2 unspecified atom stereocenters. The molecular formula is C62H109NO3. The van der Waals surface area contributed by atoms with E-state index < -0.39 is 12.1 Å². The topological polar surface area (TPSA) is 69.6 Å². The third-order valence-corrected chi connectivity index (χ3v) is 12.6. The van der Waals surface area contributed by atoms with Gasteiger partial charge in [0.05, 0.1) is 18.8 Å². The Kier molecular flexibility index (Phi) is 54.3. The summed E-state index contributed by atoms with van der Waals surface area (Å²) in [5.41, 5.74) is 0. The molecule has 0 aromatic carbocycles. The van der Waals surface area contributed by atoms with Crippen LogP contribution in [0.5, 0.6) is 0 Å². The van der Waals surface area contributed by atoms with Gasteiger partial charge in [-0.25, -0.2) is 0 Å². The second-order valence-corrected chi connectivity index (χ2v) is 19.0. The van der Waals surface area contributed by atoms with Crippen molar-refractivity contribution in [2.75, 3.05) is 6.61 Å². The van der Waals surface area contributed by atoms with E-state index in [2.05, 4.69) is 104 Å². The van der Waals surface area contributed by atoms with E-state index in [4.69, 9.17) is 0 Å². The number of carbonyl (C=O) groups excluding carboxylic acids is 1. The fraction of sp³-hybridized carbons (Fsp3) is 0.726. The highest BCUT2D eigenvalue weighted by Gasteiger charge is 2.18. The molecule has 380 valence electrons. The Bertz CT molecular complexity index is 1220. The Morgan fingerprint density at radius 2 is 0.682 bits per heavy atom. The largest absolute Gasteiger partial charge is 0.394 e. The van der Waals surface area contributed by atoms with E-state index in [1.165, 1.54) is 180 Å². The maximum atomic E-state index is 12.4. The first-order chi connectivity index (χ1) is 32.7. The molecule has 0 spiro atoms. The van der Waals surface area contributed by atoms with Gasteiger partial charge < -0.3 is 15.5 Å². The van der Waals surface area contributed by atoms with Crippen molar-refractivity contribution in [3.63, 3.8) is 0 Å². The monoisotopic (exact) mass is 916 g/mol. The van der Waals surface area contributed by atoms with E-state index in [0.717, 1.165) is 70.6 Å². The molecule has 0 bridgehead atoms. The quantitative estimate of drug-likeness (QED) is 0.0421. The van der Waals surface area contributed by atoms with Crippen LogP contribution in [0.4, 0.5) is 0 Å². The molecular weight excluding hydrogens is 807 g/mol. The number of aliphatic hydroxyl groups excluding tert-OH is 2. The van der Waals surface area contributed by atoms with Gasteiger partial charge in [-0.05, 0) is 83.5 Å². The first-order valence-corrected chi connectivity index (χ1v) is 28.5. The summed E-state index contributed by atoms with van der Waals surface area (Å²) in [6, 6.07) is -0.640. The van der Waals surface area contributed by atoms with Gasteiger partial charge in [0.2, 0.25) is 5.91 Å². The Hall–Kier alpha value is -2.69. The summed E-state index contributed by atoms with van der Waals surface area (Å²) < 4.78 is 0. The summed E-state index contributed by atoms with van der Waals surface area (Å²) in [6.07, 6.45) is 84.4. The Morgan fingerprint density at radius 3 is 1.06 bits per heavy atom. The van der Waals surface area contributed by atoms with Crippen molar-refractivity contribution in [2.45, 2.75) is 283 Å². The van der Waals surface area contributed by atoms with Crippen LogP contribution in [0.2, 0.25) is 0 Å². The zero-order chi connectivity index (χ0) is 47.7. The van der Waals surface area contributed by atoms with Gasteiger partial charge in [0, 0.05) is 6.42 Å². The lowest BCUT2D eigenvalue weighted by atomic mass is 10.0. The Balaban J connectivity index is 3.45. The molecule has 0 radical (unpaired) electrons. The second kappa shape index (κ2) is 56.6. The second-order valence-electron chi connectivity index (χ2n) is 19.0. The van der Waals surface area contributed by atoms with Crippen molar-refractivity contribution in [1.82, 2.24) is 5.32 Å². The van der Waals surface area contributed by atoms with Crippen molar-refractivity contribution in [3.8, 4) is 0 Å². The molecule has 66 heavy (non-hydrogen) atoms. The van der Waals surface area contributed by atoms with E-state index in [9.17, 15) is 15.0 Å². The summed E-state index contributed by atoms with van der Waals surface area (Å²) in [5, 5.41) is 23.0. The normalized spacial score (nSPS) is 13.6. The van der Waals surface area contributed by atoms with Crippen molar-refractivity contribution in [3.05, 3.63) is 97.2 Å². The number of aliphatic hydroxyl groups is 2. The maximum absolute atomic E-state index is 12.4.